The number of benzene rings is 9. The molecule has 3 heterocycles. The van der Waals surface area contributed by atoms with Crippen LogP contribution in [0.4, 0.5) is 0 Å². The average Bonchev–Trinajstić information content (AvgIpc) is 4.30. The molecule has 0 aliphatic carbocycles. The number of fused-ring (bicyclic) bond motifs is 3. The number of hydrogen-bond donors (Lipinski definition) is 3. The van der Waals surface area contributed by atoms with Crippen LogP contribution in [0.5, 0.6) is 17.2 Å². The van der Waals surface area contributed by atoms with Crippen molar-refractivity contribution in [3.63, 3.8) is 0 Å². The van der Waals surface area contributed by atoms with E-state index in [9.17, 15) is 29.7 Å². The highest BCUT2D eigenvalue weighted by Gasteiger charge is 2.27. The Morgan fingerprint density at radius 1 is 0.321 bits per heavy atom. The summed E-state index contributed by atoms with van der Waals surface area (Å²) in [6.45, 7) is 0. The monoisotopic (exact) mass is 1140 g/mol. The Kier molecular flexibility index (Phi) is 16.5. The highest BCUT2D eigenvalue weighted by molar-refractivity contribution is 6.31. The average molecular weight is 1140 g/mol. The molecule has 0 bridgehead atoms. The predicted octanol–water partition coefficient (Wildman–Crippen LogP) is 12.8. The van der Waals surface area contributed by atoms with Gasteiger partial charge in [0, 0.05) is 31.8 Å². The second kappa shape index (κ2) is 24.7. The van der Waals surface area contributed by atoms with E-state index >= 15 is 0 Å². The summed E-state index contributed by atoms with van der Waals surface area (Å²) in [7, 11) is 0. The summed E-state index contributed by atoms with van der Waals surface area (Å²) in [6, 6.07) is 63.2. The SMILES string of the molecule is O=C(O)C(Oc1ccc(Cl)cc1-n1nc2ccccc2n1)c1ccccc1.O=C(O)C(Oc1ccc(Cl)cc1-n1nc2ccccc2n1)c1ccccc1.O=C(O)C(Oc1ccc(Cl)cc1-n1nc2ccccc2n1)c1ccccc1. The molecule has 0 amide bonds. The Labute approximate surface area is 475 Å². The fourth-order valence-electron chi connectivity index (χ4n) is 8.19. The second-order valence-electron chi connectivity index (χ2n) is 17.5. The fourth-order valence-corrected chi connectivity index (χ4v) is 8.69. The Bertz CT molecular complexity index is 3660. The normalized spacial score (nSPS) is 12.0. The van der Waals surface area contributed by atoms with Crippen molar-refractivity contribution in [2.24, 2.45) is 0 Å². The van der Waals surface area contributed by atoms with Gasteiger partial charge < -0.3 is 29.5 Å². The minimum absolute atomic E-state index is 0.316. The number of carboxylic acid groups (broad SMARTS) is 3. The maximum absolute atomic E-state index is 11.8. The third kappa shape index (κ3) is 12.9. The van der Waals surface area contributed by atoms with Gasteiger partial charge in [-0.1, -0.05) is 162 Å². The van der Waals surface area contributed by atoms with Gasteiger partial charge in [0.1, 0.15) is 67.4 Å². The first-order valence-corrected chi connectivity index (χ1v) is 25.7. The van der Waals surface area contributed by atoms with E-state index in [0.717, 1.165) is 0 Å². The zero-order valence-corrected chi connectivity index (χ0v) is 44.2. The van der Waals surface area contributed by atoms with Gasteiger partial charge in [0.2, 0.25) is 18.3 Å². The third-order valence-electron chi connectivity index (χ3n) is 12.0. The van der Waals surface area contributed by atoms with Crippen molar-refractivity contribution in [3.8, 4) is 34.3 Å². The van der Waals surface area contributed by atoms with E-state index < -0.39 is 36.2 Å². The lowest BCUT2D eigenvalue weighted by Gasteiger charge is -2.17. The summed E-state index contributed by atoms with van der Waals surface area (Å²) >= 11 is 18.4. The van der Waals surface area contributed by atoms with Crippen molar-refractivity contribution in [2.75, 3.05) is 0 Å². The van der Waals surface area contributed by atoms with E-state index in [1.807, 2.05) is 91.0 Å². The van der Waals surface area contributed by atoms with Crippen LogP contribution in [0.15, 0.2) is 218 Å². The molecule has 0 aliphatic heterocycles. The van der Waals surface area contributed by atoms with E-state index in [2.05, 4.69) is 30.6 Å². The number of rotatable bonds is 15. The summed E-state index contributed by atoms with van der Waals surface area (Å²) in [5, 5.41) is 56.9. The number of carboxylic acids is 3. The maximum Gasteiger partial charge on any atom is 0.349 e. The zero-order chi connectivity index (χ0) is 56.4. The fraction of sp³-hybridized carbons (Fsp3) is 0.0500. The molecule has 0 aliphatic rings. The van der Waals surface area contributed by atoms with Crippen LogP contribution in [0.3, 0.4) is 0 Å². The molecule has 3 N–H and O–H groups in total. The Balaban J connectivity index is 0.000000136. The highest BCUT2D eigenvalue weighted by atomic mass is 35.5. The largest absolute Gasteiger partial charge is 0.478 e. The molecule has 12 rings (SSSR count). The van der Waals surface area contributed by atoms with Gasteiger partial charge in [-0.25, -0.2) is 14.4 Å². The first kappa shape index (κ1) is 54.2. The molecule has 0 radical (unpaired) electrons. The molecule has 402 valence electrons. The van der Waals surface area contributed by atoms with Crippen LogP contribution < -0.4 is 14.2 Å². The highest BCUT2D eigenvalue weighted by Crippen LogP contribution is 2.34. The molecule has 0 saturated heterocycles. The van der Waals surface area contributed by atoms with Crippen LogP contribution in [0.25, 0.3) is 50.2 Å². The van der Waals surface area contributed by atoms with Gasteiger partial charge in [0.25, 0.3) is 0 Å². The summed E-state index contributed by atoms with van der Waals surface area (Å²) in [4.78, 5) is 39.5. The van der Waals surface area contributed by atoms with E-state index in [1.54, 1.807) is 127 Å². The maximum atomic E-state index is 11.8. The van der Waals surface area contributed by atoms with Crippen molar-refractivity contribution in [1.29, 1.82) is 0 Å². The number of hydrogen-bond acceptors (Lipinski definition) is 12. The molecule has 0 fully saturated rings. The second-order valence-corrected chi connectivity index (χ2v) is 18.8. The molecule has 81 heavy (non-hydrogen) atoms. The van der Waals surface area contributed by atoms with Crippen LogP contribution in [0.2, 0.25) is 15.1 Å². The molecule has 3 aromatic heterocycles. The molecule has 12 aromatic rings. The summed E-state index contributed by atoms with van der Waals surface area (Å²) in [5.74, 6) is -2.34. The van der Waals surface area contributed by atoms with Crippen molar-refractivity contribution in [1.82, 2.24) is 45.0 Å². The van der Waals surface area contributed by atoms with Gasteiger partial charge in [-0.15, -0.1) is 45.0 Å². The number of aliphatic carboxylic acids is 3. The Hall–Kier alpha value is -10.1. The van der Waals surface area contributed by atoms with Crippen molar-refractivity contribution in [3.05, 3.63) is 250 Å². The van der Waals surface area contributed by atoms with Crippen molar-refractivity contribution in [2.45, 2.75) is 18.3 Å². The molecule has 3 unspecified atom stereocenters. The van der Waals surface area contributed by atoms with Gasteiger partial charge in [0.15, 0.2) is 0 Å². The molecular formula is C60H42Cl3N9O9. The van der Waals surface area contributed by atoms with Gasteiger partial charge in [-0.2, -0.15) is 0 Å². The molecule has 18 nitrogen and oxygen atoms in total. The van der Waals surface area contributed by atoms with E-state index in [4.69, 9.17) is 49.0 Å². The minimum atomic E-state index is -1.17. The van der Waals surface area contributed by atoms with E-state index in [1.165, 1.54) is 14.4 Å². The van der Waals surface area contributed by atoms with Gasteiger partial charge in [0.05, 0.1) is 0 Å². The summed E-state index contributed by atoms with van der Waals surface area (Å²) in [5.41, 5.74) is 7.23. The van der Waals surface area contributed by atoms with Gasteiger partial charge in [-0.05, 0) is 91.0 Å². The number of aromatic nitrogens is 9. The lowest BCUT2D eigenvalue weighted by Crippen LogP contribution is -2.19. The molecule has 0 spiro atoms. The summed E-state index contributed by atoms with van der Waals surface area (Å²) < 4.78 is 17.5. The molecular weight excluding hydrogens is 1100 g/mol. The van der Waals surface area contributed by atoms with Crippen LogP contribution >= 0.6 is 34.8 Å². The van der Waals surface area contributed by atoms with E-state index in [0.29, 0.717) is 99.2 Å². The first-order chi connectivity index (χ1) is 39.3. The predicted molar refractivity (Wildman–Crippen MR) is 304 cm³/mol. The third-order valence-corrected chi connectivity index (χ3v) is 12.7. The van der Waals surface area contributed by atoms with Gasteiger partial charge in [-0.3, -0.25) is 0 Å². The standard InChI is InChI=1S/3C20H14ClN3O3/c3*21-14-10-11-18(27-19(20(25)26)13-6-2-1-3-7-13)17(12-14)24-22-15-8-4-5-9-16(15)23-24/h3*1-12,19H,(H,25,26). The molecule has 9 aromatic carbocycles. The summed E-state index contributed by atoms with van der Waals surface area (Å²) in [6.07, 6.45) is -3.51. The minimum Gasteiger partial charge on any atom is -0.478 e. The topological polar surface area (TPSA) is 232 Å². The van der Waals surface area contributed by atoms with E-state index in [-0.39, 0.29) is 0 Å². The van der Waals surface area contributed by atoms with Gasteiger partial charge >= 0.3 is 17.9 Å². The Morgan fingerprint density at radius 2 is 0.531 bits per heavy atom. The number of ether oxygens (including phenoxy) is 3. The number of halogens is 3. The Morgan fingerprint density at radius 3 is 0.741 bits per heavy atom. The quantitative estimate of drug-likeness (QED) is 0.0866. The smallest absolute Gasteiger partial charge is 0.349 e. The lowest BCUT2D eigenvalue weighted by molar-refractivity contribution is -0.146. The van der Waals surface area contributed by atoms with Crippen molar-refractivity contribution >= 4 is 85.8 Å². The number of carbonyl (C=O) groups is 3. The van der Waals surface area contributed by atoms with Crippen LogP contribution in [0, 0.1) is 0 Å². The number of nitrogens with zero attached hydrogens (tertiary/aromatic N) is 9. The molecule has 3 atom stereocenters. The zero-order valence-electron chi connectivity index (χ0n) is 42.0. The van der Waals surface area contributed by atoms with Crippen molar-refractivity contribution < 1.29 is 43.9 Å². The first-order valence-electron chi connectivity index (χ1n) is 24.5. The molecule has 21 heteroatoms. The van der Waals surface area contributed by atoms with Crippen LogP contribution in [-0.4, -0.2) is 78.2 Å². The lowest BCUT2D eigenvalue weighted by atomic mass is 10.1. The molecule has 0 saturated carbocycles. The van der Waals surface area contributed by atoms with Crippen LogP contribution in [0.1, 0.15) is 35.0 Å². The van der Waals surface area contributed by atoms with Crippen LogP contribution in [-0.2, 0) is 14.4 Å².